The lowest BCUT2D eigenvalue weighted by molar-refractivity contribution is 0.00427. The molecule has 0 saturated carbocycles. The normalized spacial score (nSPS) is 15.0. The molecule has 0 aromatic heterocycles. The zero-order chi connectivity index (χ0) is 11.4. The van der Waals surface area contributed by atoms with Gasteiger partial charge in [0.2, 0.25) is 0 Å². The second kappa shape index (κ2) is 5.68. The predicted octanol–water partition coefficient (Wildman–Crippen LogP) is 1.77. The molecule has 0 aliphatic carbocycles. The van der Waals surface area contributed by atoms with Crippen LogP contribution in [-0.4, -0.2) is 28.0 Å². The van der Waals surface area contributed by atoms with E-state index in [9.17, 15) is 10.2 Å². The molecule has 3 N–H and O–H groups in total. The molecule has 84 valence electrons. The van der Waals surface area contributed by atoms with Crippen LogP contribution in [0.3, 0.4) is 0 Å². The molecule has 2 atom stereocenters. The van der Waals surface area contributed by atoms with Gasteiger partial charge in [0.05, 0.1) is 6.10 Å². The summed E-state index contributed by atoms with van der Waals surface area (Å²) in [4.78, 5) is 0. The van der Waals surface area contributed by atoms with E-state index < -0.39 is 12.2 Å². The minimum absolute atomic E-state index is 0.0973. The lowest BCUT2D eigenvalue weighted by Gasteiger charge is -2.18. The Hall–Kier alpha value is -0.320. The molecule has 0 bridgehead atoms. The molecule has 1 rings (SSSR count). The van der Waals surface area contributed by atoms with E-state index in [4.69, 9.17) is 28.3 Å². The molecule has 3 nitrogen and oxygen atoms in total. The molecule has 0 saturated heterocycles. The highest BCUT2D eigenvalue weighted by Gasteiger charge is 2.20. The summed E-state index contributed by atoms with van der Waals surface area (Å²) in [5.74, 6) is 0. The standard InChI is InChI=1S/C10H12Cl2O3/c11-6-1-2-7(8(12)5-6)10(15)9(14)3-4-13/h1-2,5,9-10,13-15H,3-4H2. The Morgan fingerprint density at radius 2 is 1.87 bits per heavy atom. The summed E-state index contributed by atoms with van der Waals surface area (Å²) in [6.07, 6.45) is -2.05. The van der Waals surface area contributed by atoms with Crippen LogP contribution in [0.1, 0.15) is 18.1 Å². The maximum absolute atomic E-state index is 9.70. The molecular weight excluding hydrogens is 239 g/mol. The van der Waals surface area contributed by atoms with Gasteiger partial charge in [-0.15, -0.1) is 0 Å². The van der Waals surface area contributed by atoms with Crippen LogP contribution in [0.15, 0.2) is 18.2 Å². The zero-order valence-corrected chi connectivity index (χ0v) is 9.41. The second-order valence-corrected chi connectivity index (χ2v) is 4.03. The van der Waals surface area contributed by atoms with Gasteiger partial charge in [0.25, 0.3) is 0 Å². The summed E-state index contributed by atoms with van der Waals surface area (Å²) in [5, 5.41) is 28.6. The average molecular weight is 251 g/mol. The van der Waals surface area contributed by atoms with Gasteiger partial charge in [-0.25, -0.2) is 0 Å². The Bertz CT molecular complexity index is 330. The van der Waals surface area contributed by atoms with E-state index in [1.165, 1.54) is 6.07 Å². The first-order valence-electron chi connectivity index (χ1n) is 4.48. The third-order valence-electron chi connectivity index (χ3n) is 2.07. The van der Waals surface area contributed by atoms with Crippen molar-refractivity contribution in [1.82, 2.24) is 0 Å². The van der Waals surface area contributed by atoms with E-state index in [-0.39, 0.29) is 13.0 Å². The molecule has 0 aliphatic heterocycles. The van der Waals surface area contributed by atoms with Gasteiger partial charge in [-0.3, -0.25) is 0 Å². The first kappa shape index (κ1) is 12.7. The molecule has 0 aliphatic rings. The largest absolute Gasteiger partial charge is 0.396 e. The van der Waals surface area contributed by atoms with Crippen LogP contribution in [0.5, 0.6) is 0 Å². The van der Waals surface area contributed by atoms with Crippen molar-refractivity contribution in [3.8, 4) is 0 Å². The Kier molecular flexibility index (Phi) is 4.83. The van der Waals surface area contributed by atoms with Crippen LogP contribution < -0.4 is 0 Å². The van der Waals surface area contributed by atoms with E-state index in [0.29, 0.717) is 15.6 Å². The topological polar surface area (TPSA) is 60.7 Å². The molecule has 0 spiro atoms. The molecule has 15 heavy (non-hydrogen) atoms. The summed E-state index contributed by atoms with van der Waals surface area (Å²) >= 11 is 11.5. The van der Waals surface area contributed by atoms with Crippen LogP contribution in [0, 0.1) is 0 Å². The van der Waals surface area contributed by atoms with Gasteiger partial charge < -0.3 is 15.3 Å². The summed E-state index contributed by atoms with van der Waals surface area (Å²) in [6.45, 7) is -0.191. The predicted molar refractivity (Wildman–Crippen MR) is 59.1 cm³/mol. The molecule has 0 amide bonds. The van der Waals surface area contributed by atoms with Crippen molar-refractivity contribution in [2.24, 2.45) is 0 Å². The zero-order valence-electron chi connectivity index (χ0n) is 7.90. The van der Waals surface area contributed by atoms with Crippen LogP contribution >= 0.6 is 23.2 Å². The second-order valence-electron chi connectivity index (χ2n) is 3.19. The fourth-order valence-corrected chi connectivity index (χ4v) is 1.76. The van der Waals surface area contributed by atoms with Crippen LogP contribution in [0.2, 0.25) is 10.0 Å². The first-order chi connectivity index (χ1) is 7.06. The number of aliphatic hydroxyl groups is 3. The summed E-state index contributed by atoms with van der Waals surface area (Å²) in [6, 6.07) is 4.63. The van der Waals surface area contributed by atoms with Gasteiger partial charge in [-0.2, -0.15) is 0 Å². The highest BCUT2D eigenvalue weighted by atomic mass is 35.5. The summed E-state index contributed by atoms with van der Waals surface area (Å²) in [5.41, 5.74) is 0.405. The van der Waals surface area contributed by atoms with E-state index in [1.54, 1.807) is 12.1 Å². The number of hydrogen-bond acceptors (Lipinski definition) is 3. The maximum Gasteiger partial charge on any atom is 0.106 e. The molecule has 1 aromatic carbocycles. The lowest BCUT2D eigenvalue weighted by atomic mass is 10.0. The highest BCUT2D eigenvalue weighted by Crippen LogP contribution is 2.28. The van der Waals surface area contributed by atoms with E-state index in [0.717, 1.165) is 0 Å². The van der Waals surface area contributed by atoms with Crippen molar-refractivity contribution < 1.29 is 15.3 Å². The lowest BCUT2D eigenvalue weighted by Crippen LogP contribution is -2.19. The Labute approximate surface area is 97.9 Å². The minimum atomic E-state index is -1.11. The maximum atomic E-state index is 9.70. The minimum Gasteiger partial charge on any atom is -0.396 e. The van der Waals surface area contributed by atoms with Crippen molar-refractivity contribution in [3.63, 3.8) is 0 Å². The molecule has 0 radical (unpaired) electrons. The summed E-state index contributed by atoms with van der Waals surface area (Å²) < 4.78 is 0. The van der Waals surface area contributed by atoms with Crippen LogP contribution in [-0.2, 0) is 0 Å². The molecule has 5 heteroatoms. The van der Waals surface area contributed by atoms with Gasteiger partial charge in [0.15, 0.2) is 0 Å². The number of hydrogen-bond donors (Lipinski definition) is 3. The molecule has 0 heterocycles. The van der Waals surface area contributed by atoms with E-state index >= 15 is 0 Å². The number of aliphatic hydroxyl groups excluding tert-OH is 3. The van der Waals surface area contributed by atoms with Gasteiger partial charge in [-0.1, -0.05) is 29.3 Å². The number of benzene rings is 1. The fourth-order valence-electron chi connectivity index (χ4n) is 1.24. The monoisotopic (exact) mass is 250 g/mol. The van der Waals surface area contributed by atoms with Gasteiger partial charge >= 0.3 is 0 Å². The Morgan fingerprint density at radius 1 is 1.20 bits per heavy atom. The third kappa shape index (κ3) is 3.33. The van der Waals surface area contributed by atoms with Crippen molar-refractivity contribution in [1.29, 1.82) is 0 Å². The Morgan fingerprint density at radius 3 is 2.40 bits per heavy atom. The SMILES string of the molecule is OCCC(O)C(O)c1ccc(Cl)cc1Cl. The van der Waals surface area contributed by atoms with Crippen LogP contribution in [0.4, 0.5) is 0 Å². The van der Waals surface area contributed by atoms with Gasteiger partial charge in [0, 0.05) is 22.2 Å². The smallest absolute Gasteiger partial charge is 0.106 e. The quantitative estimate of drug-likeness (QED) is 0.764. The van der Waals surface area contributed by atoms with Gasteiger partial charge in [-0.05, 0) is 18.6 Å². The molecule has 2 unspecified atom stereocenters. The van der Waals surface area contributed by atoms with Crippen molar-refractivity contribution in [2.45, 2.75) is 18.6 Å². The Balaban J connectivity index is 2.86. The number of halogens is 2. The fraction of sp³-hybridized carbons (Fsp3) is 0.400. The molecular formula is C10H12Cl2O3. The van der Waals surface area contributed by atoms with Crippen molar-refractivity contribution >= 4 is 23.2 Å². The number of rotatable bonds is 4. The highest BCUT2D eigenvalue weighted by molar-refractivity contribution is 6.35. The van der Waals surface area contributed by atoms with Crippen molar-refractivity contribution in [2.75, 3.05) is 6.61 Å². The molecule has 1 aromatic rings. The van der Waals surface area contributed by atoms with E-state index in [2.05, 4.69) is 0 Å². The first-order valence-corrected chi connectivity index (χ1v) is 5.23. The average Bonchev–Trinajstić information content (AvgIpc) is 2.17. The third-order valence-corrected chi connectivity index (χ3v) is 2.63. The summed E-state index contributed by atoms with van der Waals surface area (Å²) in [7, 11) is 0. The van der Waals surface area contributed by atoms with Gasteiger partial charge in [0.1, 0.15) is 6.10 Å². The molecule has 0 fully saturated rings. The van der Waals surface area contributed by atoms with E-state index in [1.807, 2.05) is 0 Å². The van der Waals surface area contributed by atoms with Crippen molar-refractivity contribution in [3.05, 3.63) is 33.8 Å². The van der Waals surface area contributed by atoms with Crippen LogP contribution in [0.25, 0.3) is 0 Å².